The van der Waals surface area contributed by atoms with Gasteiger partial charge in [-0.25, -0.2) is 0 Å². The topological polar surface area (TPSA) is 58.6 Å². The van der Waals surface area contributed by atoms with Crippen LogP contribution in [0, 0.1) is 0 Å². The Bertz CT molecular complexity index is 519. The third kappa shape index (κ3) is 2.32. The van der Waals surface area contributed by atoms with Crippen molar-refractivity contribution in [2.45, 2.75) is 30.2 Å². The van der Waals surface area contributed by atoms with Crippen molar-refractivity contribution in [1.29, 1.82) is 0 Å². The maximum Gasteiger partial charge on any atom is 0.321 e. The van der Waals surface area contributed by atoms with Crippen LogP contribution in [0.15, 0.2) is 18.2 Å². The van der Waals surface area contributed by atoms with Crippen molar-refractivity contribution in [3.05, 3.63) is 29.3 Å². The van der Waals surface area contributed by atoms with E-state index >= 15 is 0 Å². The summed E-state index contributed by atoms with van der Waals surface area (Å²) in [7, 11) is 1.67. The maximum absolute atomic E-state index is 11.1. The molecule has 1 aromatic carbocycles. The smallest absolute Gasteiger partial charge is 0.321 e. The van der Waals surface area contributed by atoms with Crippen molar-refractivity contribution in [1.82, 2.24) is 5.32 Å². The molecule has 1 aromatic rings. The Hall–Kier alpha value is -1.20. The highest BCUT2D eigenvalue weighted by Crippen LogP contribution is 2.42. The van der Waals surface area contributed by atoms with Gasteiger partial charge in [-0.2, -0.15) is 0 Å². The zero-order valence-corrected chi connectivity index (χ0v) is 11.6. The summed E-state index contributed by atoms with van der Waals surface area (Å²) in [6.07, 6.45) is 2.85. The first kappa shape index (κ1) is 12.8. The summed E-state index contributed by atoms with van der Waals surface area (Å²) in [6.45, 7) is 0. The number of methoxy groups -OCH3 is 1. The van der Waals surface area contributed by atoms with E-state index in [9.17, 15) is 4.79 Å². The van der Waals surface area contributed by atoms with Crippen LogP contribution in [0.25, 0.3) is 0 Å². The molecule has 3 rings (SSSR count). The highest BCUT2D eigenvalue weighted by atomic mass is 32.2. The molecule has 1 spiro atoms. The van der Waals surface area contributed by atoms with E-state index in [1.54, 1.807) is 18.9 Å². The van der Waals surface area contributed by atoms with Crippen LogP contribution in [0.5, 0.6) is 5.75 Å². The van der Waals surface area contributed by atoms with E-state index in [0.29, 0.717) is 5.75 Å². The summed E-state index contributed by atoms with van der Waals surface area (Å²) in [6, 6.07) is 5.77. The number of carbonyl (C=O) groups is 1. The Kier molecular flexibility index (Phi) is 3.19. The minimum absolute atomic E-state index is 0.109. The number of carboxylic acid groups (broad SMARTS) is 1. The SMILES string of the molecule is COc1ccc2c(c1)CC1(CC2)NC(C(=O)O)CS1. The van der Waals surface area contributed by atoms with Gasteiger partial charge in [-0.1, -0.05) is 6.07 Å². The fourth-order valence-electron chi connectivity index (χ4n) is 2.89. The second kappa shape index (κ2) is 4.72. The van der Waals surface area contributed by atoms with Crippen LogP contribution in [0.3, 0.4) is 0 Å². The molecule has 102 valence electrons. The van der Waals surface area contributed by atoms with Gasteiger partial charge in [0.05, 0.1) is 12.0 Å². The molecule has 0 amide bonds. The number of benzene rings is 1. The fraction of sp³-hybridized carbons (Fsp3) is 0.500. The third-order valence-corrected chi connectivity index (χ3v) is 5.47. The predicted octanol–water partition coefficient (Wildman–Crippen LogP) is 1.67. The maximum atomic E-state index is 11.1. The molecule has 19 heavy (non-hydrogen) atoms. The van der Waals surface area contributed by atoms with Gasteiger partial charge in [0.15, 0.2) is 0 Å². The van der Waals surface area contributed by atoms with E-state index in [4.69, 9.17) is 9.84 Å². The molecule has 2 atom stereocenters. The monoisotopic (exact) mass is 279 g/mol. The van der Waals surface area contributed by atoms with Gasteiger partial charge in [-0.05, 0) is 36.1 Å². The summed E-state index contributed by atoms with van der Waals surface area (Å²) in [5, 5.41) is 12.4. The molecule has 0 saturated carbocycles. The molecular formula is C14H17NO3S. The molecule has 5 heteroatoms. The lowest BCUT2D eigenvalue weighted by molar-refractivity contribution is -0.138. The van der Waals surface area contributed by atoms with E-state index in [1.165, 1.54) is 11.1 Å². The molecule has 2 unspecified atom stereocenters. The zero-order chi connectivity index (χ0) is 13.5. The number of fused-ring (bicyclic) bond motifs is 1. The van der Waals surface area contributed by atoms with Gasteiger partial charge in [0.1, 0.15) is 11.8 Å². The number of thioether (sulfide) groups is 1. The summed E-state index contributed by atoms with van der Waals surface area (Å²) < 4.78 is 5.27. The summed E-state index contributed by atoms with van der Waals surface area (Å²) in [4.78, 5) is 11.0. The van der Waals surface area contributed by atoms with Crippen LogP contribution < -0.4 is 10.1 Å². The predicted molar refractivity (Wildman–Crippen MR) is 74.8 cm³/mol. The number of hydrogen-bond acceptors (Lipinski definition) is 4. The van der Waals surface area contributed by atoms with Gasteiger partial charge in [-0.3, -0.25) is 10.1 Å². The number of nitrogens with one attached hydrogen (secondary N) is 1. The van der Waals surface area contributed by atoms with E-state index < -0.39 is 12.0 Å². The number of hydrogen-bond donors (Lipinski definition) is 2. The van der Waals surface area contributed by atoms with E-state index in [0.717, 1.165) is 25.0 Å². The Balaban J connectivity index is 1.83. The van der Waals surface area contributed by atoms with E-state index in [-0.39, 0.29) is 4.87 Å². The molecule has 2 N–H and O–H groups in total. The molecule has 4 nitrogen and oxygen atoms in total. The van der Waals surface area contributed by atoms with Crippen molar-refractivity contribution in [3.8, 4) is 5.75 Å². The summed E-state index contributed by atoms with van der Waals surface area (Å²) >= 11 is 1.75. The van der Waals surface area contributed by atoms with Crippen LogP contribution in [0.1, 0.15) is 17.5 Å². The van der Waals surface area contributed by atoms with Crippen molar-refractivity contribution in [3.63, 3.8) is 0 Å². The first-order valence-electron chi connectivity index (χ1n) is 6.42. The Morgan fingerprint density at radius 1 is 1.53 bits per heavy atom. The van der Waals surface area contributed by atoms with Gasteiger partial charge in [0.2, 0.25) is 0 Å². The minimum Gasteiger partial charge on any atom is -0.497 e. The first-order valence-corrected chi connectivity index (χ1v) is 7.41. The largest absolute Gasteiger partial charge is 0.497 e. The number of rotatable bonds is 2. The van der Waals surface area contributed by atoms with Crippen molar-refractivity contribution >= 4 is 17.7 Å². The average Bonchev–Trinajstić information content (AvgIpc) is 2.82. The van der Waals surface area contributed by atoms with Crippen LogP contribution >= 0.6 is 11.8 Å². The van der Waals surface area contributed by atoms with Crippen LogP contribution in [0.2, 0.25) is 0 Å². The Morgan fingerprint density at radius 2 is 2.37 bits per heavy atom. The number of aliphatic carboxylic acids is 1. The summed E-state index contributed by atoms with van der Waals surface area (Å²) in [5.41, 5.74) is 2.63. The third-order valence-electron chi connectivity index (χ3n) is 3.95. The molecule has 1 aliphatic carbocycles. The van der Waals surface area contributed by atoms with Crippen molar-refractivity contribution in [2.24, 2.45) is 0 Å². The number of aryl methyl sites for hydroxylation is 1. The second-order valence-electron chi connectivity index (χ2n) is 5.15. The molecule has 1 saturated heterocycles. The second-order valence-corrected chi connectivity index (χ2v) is 6.56. The zero-order valence-electron chi connectivity index (χ0n) is 10.8. The fourth-order valence-corrected chi connectivity index (χ4v) is 4.33. The van der Waals surface area contributed by atoms with Crippen LogP contribution in [0.4, 0.5) is 0 Å². The van der Waals surface area contributed by atoms with Gasteiger partial charge in [0, 0.05) is 12.2 Å². The van der Waals surface area contributed by atoms with Gasteiger partial charge >= 0.3 is 5.97 Å². The lowest BCUT2D eigenvalue weighted by Crippen LogP contribution is -2.48. The van der Waals surface area contributed by atoms with E-state index in [2.05, 4.69) is 17.4 Å². The number of ether oxygens (including phenoxy) is 1. The minimum atomic E-state index is -0.749. The lowest BCUT2D eigenvalue weighted by atomic mass is 9.87. The number of carboxylic acids is 1. The lowest BCUT2D eigenvalue weighted by Gasteiger charge is -2.34. The highest BCUT2D eigenvalue weighted by molar-refractivity contribution is 8.01. The molecule has 0 aromatic heterocycles. The van der Waals surface area contributed by atoms with Crippen LogP contribution in [-0.2, 0) is 17.6 Å². The van der Waals surface area contributed by atoms with Gasteiger partial charge in [0.25, 0.3) is 0 Å². The molecule has 0 bridgehead atoms. The van der Waals surface area contributed by atoms with Gasteiger partial charge in [-0.15, -0.1) is 11.8 Å². The van der Waals surface area contributed by atoms with E-state index in [1.807, 2.05) is 6.07 Å². The molecular weight excluding hydrogens is 262 g/mol. The first-order chi connectivity index (χ1) is 9.12. The van der Waals surface area contributed by atoms with Gasteiger partial charge < -0.3 is 9.84 Å². The standard InChI is InChI=1S/C14H17NO3S/c1-18-11-3-2-9-4-5-14(7-10(9)6-11)15-12(8-19-14)13(16)17/h2-3,6,12,15H,4-5,7-8H2,1H3,(H,16,17). The van der Waals surface area contributed by atoms with Crippen molar-refractivity contribution < 1.29 is 14.6 Å². The summed E-state index contributed by atoms with van der Waals surface area (Å²) in [5.74, 6) is 0.767. The quantitative estimate of drug-likeness (QED) is 0.862. The van der Waals surface area contributed by atoms with Crippen LogP contribution in [-0.4, -0.2) is 34.9 Å². The molecule has 2 aliphatic rings. The molecule has 1 heterocycles. The Morgan fingerprint density at radius 3 is 3.05 bits per heavy atom. The molecule has 1 aliphatic heterocycles. The molecule has 1 fully saturated rings. The average molecular weight is 279 g/mol. The Labute approximate surface area is 116 Å². The molecule has 0 radical (unpaired) electrons. The highest BCUT2D eigenvalue weighted by Gasteiger charge is 2.43. The normalized spacial score (nSPS) is 29.2. The van der Waals surface area contributed by atoms with Crippen molar-refractivity contribution in [2.75, 3.05) is 12.9 Å².